The molecule has 0 spiro atoms. The van der Waals surface area contributed by atoms with Crippen LogP contribution in [0.3, 0.4) is 0 Å². The lowest BCUT2D eigenvalue weighted by atomic mass is 10.1. The van der Waals surface area contributed by atoms with Gasteiger partial charge in [-0.1, -0.05) is 6.07 Å². The molecule has 9 nitrogen and oxygen atoms in total. The van der Waals surface area contributed by atoms with E-state index in [2.05, 4.69) is 10.6 Å². The topological polar surface area (TPSA) is 127 Å². The van der Waals surface area contributed by atoms with Crippen molar-refractivity contribution in [2.24, 2.45) is 0 Å². The molecule has 0 radical (unpaired) electrons. The number of carbonyl (C=O) groups excluding carboxylic acids is 3. The Kier molecular flexibility index (Phi) is 6.49. The van der Waals surface area contributed by atoms with Gasteiger partial charge in [0, 0.05) is 5.69 Å². The molecule has 1 aliphatic heterocycles. The maximum Gasteiger partial charge on any atom is 0.338 e. The zero-order valence-electron chi connectivity index (χ0n) is 16.1. The van der Waals surface area contributed by atoms with E-state index in [0.29, 0.717) is 17.2 Å². The maximum absolute atomic E-state index is 12.1. The Morgan fingerprint density at radius 1 is 1.10 bits per heavy atom. The number of hydrogen-bond donors (Lipinski definition) is 2. The molecule has 0 saturated carbocycles. The molecule has 0 unspecified atom stereocenters. The molecular weight excluding hydrogens is 390 g/mol. The van der Waals surface area contributed by atoms with Crippen LogP contribution in [-0.4, -0.2) is 31.2 Å². The van der Waals surface area contributed by atoms with Gasteiger partial charge in [-0.05, 0) is 48.9 Å². The van der Waals surface area contributed by atoms with E-state index in [-0.39, 0.29) is 24.8 Å². The van der Waals surface area contributed by atoms with Crippen LogP contribution < -0.4 is 20.1 Å². The van der Waals surface area contributed by atoms with Crippen molar-refractivity contribution in [2.75, 3.05) is 18.7 Å². The Morgan fingerprint density at radius 3 is 2.57 bits per heavy atom. The van der Waals surface area contributed by atoms with E-state index in [1.807, 2.05) is 6.07 Å². The average molecular weight is 409 g/mol. The molecule has 0 bridgehead atoms. The fourth-order valence-corrected chi connectivity index (χ4v) is 2.73. The average Bonchev–Trinajstić information content (AvgIpc) is 3.20. The second kappa shape index (κ2) is 9.43. The summed E-state index contributed by atoms with van der Waals surface area (Å²) in [5, 5.41) is 13.7. The zero-order valence-corrected chi connectivity index (χ0v) is 16.1. The monoisotopic (exact) mass is 409 g/mol. The molecular formula is C21H19N3O6. The van der Waals surface area contributed by atoms with Gasteiger partial charge in [0.05, 0.1) is 17.7 Å². The molecule has 30 heavy (non-hydrogen) atoms. The molecule has 0 aromatic heterocycles. The normalized spacial score (nSPS) is 12.4. The first-order valence-electron chi connectivity index (χ1n) is 9.09. The second-order valence-electron chi connectivity index (χ2n) is 6.44. The molecule has 1 atom stereocenters. The number of esters is 1. The van der Waals surface area contributed by atoms with Gasteiger partial charge in [-0.25, -0.2) is 4.79 Å². The summed E-state index contributed by atoms with van der Waals surface area (Å²) in [6, 6.07) is 12.7. The van der Waals surface area contributed by atoms with Gasteiger partial charge in [0.25, 0.3) is 5.91 Å². The Balaban J connectivity index is 1.47. The third-order valence-corrected chi connectivity index (χ3v) is 4.25. The first-order valence-corrected chi connectivity index (χ1v) is 9.09. The standard InChI is InChI=1S/C21H19N3O6/c1-13(15-4-7-17-18(10-15)30-12-29-17)23-20(26)11-28-21(27)14-2-5-16(6-3-14)24-19(25)8-9-22/h2-7,10,13H,8,11-12H2,1H3,(H,23,26)(H,24,25)/t13-/m1/s1. The number of amides is 2. The lowest BCUT2D eigenvalue weighted by Crippen LogP contribution is -2.31. The van der Waals surface area contributed by atoms with Gasteiger partial charge in [-0.3, -0.25) is 9.59 Å². The van der Waals surface area contributed by atoms with Crippen LogP contribution in [0.25, 0.3) is 0 Å². The molecule has 0 aliphatic carbocycles. The number of rotatable bonds is 7. The van der Waals surface area contributed by atoms with Crippen molar-refractivity contribution in [1.82, 2.24) is 5.32 Å². The first-order chi connectivity index (χ1) is 14.5. The Hall–Kier alpha value is -4.06. The van der Waals surface area contributed by atoms with Crippen LogP contribution in [0.5, 0.6) is 11.5 Å². The molecule has 1 aliphatic rings. The van der Waals surface area contributed by atoms with Crippen molar-refractivity contribution in [2.45, 2.75) is 19.4 Å². The molecule has 2 N–H and O–H groups in total. The number of benzene rings is 2. The highest BCUT2D eigenvalue weighted by molar-refractivity contribution is 5.94. The van der Waals surface area contributed by atoms with Gasteiger partial charge < -0.3 is 24.8 Å². The van der Waals surface area contributed by atoms with Crippen molar-refractivity contribution in [3.63, 3.8) is 0 Å². The highest BCUT2D eigenvalue weighted by Gasteiger charge is 2.18. The number of nitrogens with zero attached hydrogens (tertiary/aromatic N) is 1. The smallest absolute Gasteiger partial charge is 0.338 e. The van der Waals surface area contributed by atoms with E-state index in [1.54, 1.807) is 25.1 Å². The van der Waals surface area contributed by atoms with E-state index < -0.39 is 24.4 Å². The highest BCUT2D eigenvalue weighted by Crippen LogP contribution is 2.34. The minimum absolute atomic E-state index is 0.169. The van der Waals surface area contributed by atoms with Crippen molar-refractivity contribution < 1.29 is 28.6 Å². The number of anilines is 1. The summed E-state index contributed by atoms with van der Waals surface area (Å²) in [4.78, 5) is 35.6. The predicted octanol–water partition coefficient (Wildman–Crippen LogP) is 2.30. The van der Waals surface area contributed by atoms with E-state index in [1.165, 1.54) is 24.3 Å². The number of nitrogens with one attached hydrogen (secondary N) is 2. The summed E-state index contributed by atoms with van der Waals surface area (Å²) in [6.45, 7) is 1.54. The van der Waals surface area contributed by atoms with Crippen molar-refractivity contribution in [3.05, 3.63) is 53.6 Å². The fraction of sp³-hybridized carbons (Fsp3) is 0.238. The van der Waals surface area contributed by atoms with Crippen LogP contribution in [-0.2, 0) is 14.3 Å². The fourth-order valence-electron chi connectivity index (χ4n) is 2.73. The number of ether oxygens (including phenoxy) is 3. The lowest BCUT2D eigenvalue weighted by Gasteiger charge is -2.15. The number of carbonyl (C=O) groups is 3. The minimum Gasteiger partial charge on any atom is -0.454 e. The maximum atomic E-state index is 12.1. The summed E-state index contributed by atoms with van der Waals surface area (Å²) in [5.74, 6) is -0.292. The first kappa shape index (κ1) is 20.7. The van der Waals surface area contributed by atoms with Crippen LogP contribution >= 0.6 is 0 Å². The van der Waals surface area contributed by atoms with E-state index in [0.717, 1.165) is 5.56 Å². The molecule has 154 valence electrons. The summed E-state index contributed by atoms with van der Waals surface area (Å²) >= 11 is 0. The summed E-state index contributed by atoms with van der Waals surface area (Å²) in [7, 11) is 0. The largest absolute Gasteiger partial charge is 0.454 e. The van der Waals surface area contributed by atoms with Gasteiger partial charge in [-0.2, -0.15) is 5.26 Å². The van der Waals surface area contributed by atoms with Crippen molar-refractivity contribution in [3.8, 4) is 17.6 Å². The van der Waals surface area contributed by atoms with Crippen molar-refractivity contribution in [1.29, 1.82) is 5.26 Å². The molecule has 9 heteroatoms. The van der Waals surface area contributed by atoms with Gasteiger partial charge in [0.2, 0.25) is 12.7 Å². The highest BCUT2D eigenvalue weighted by atomic mass is 16.7. The molecule has 1 heterocycles. The third-order valence-electron chi connectivity index (χ3n) is 4.25. The summed E-state index contributed by atoms with van der Waals surface area (Å²) < 4.78 is 15.6. The van der Waals surface area contributed by atoms with E-state index in [9.17, 15) is 14.4 Å². The second-order valence-corrected chi connectivity index (χ2v) is 6.44. The Bertz CT molecular complexity index is 997. The molecule has 3 rings (SSSR count). The van der Waals surface area contributed by atoms with Gasteiger partial charge in [0.15, 0.2) is 18.1 Å². The molecule has 2 aromatic carbocycles. The quantitative estimate of drug-likeness (QED) is 0.672. The predicted molar refractivity (Wildman–Crippen MR) is 105 cm³/mol. The van der Waals surface area contributed by atoms with Gasteiger partial charge in [-0.15, -0.1) is 0 Å². The summed E-state index contributed by atoms with van der Waals surface area (Å²) in [6.07, 6.45) is -0.260. The van der Waals surface area contributed by atoms with Crippen LogP contribution in [0.4, 0.5) is 5.69 Å². The third kappa shape index (κ3) is 5.26. The summed E-state index contributed by atoms with van der Waals surface area (Å²) in [5.41, 5.74) is 1.50. The number of fused-ring (bicyclic) bond motifs is 1. The lowest BCUT2D eigenvalue weighted by molar-refractivity contribution is -0.124. The molecule has 0 fully saturated rings. The number of hydrogen-bond acceptors (Lipinski definition) is 7. The Labute approximate surface area is 172 Å². The van der Waals surface area contributed by atoms with E-state index in [4.69, 9.17) is 19.5 Å². The van der Waals surface area contributed by atoms with Crippen LogP contribution in [0, 0.1) is 11.3 Å². The molecule has 0 saturated heterocycles. The Morgan fingerprint density at radius 2 is 1.83 bits per heavy atom. The number of nitriles is 1. The van der Waals surface area contributed by atoms with Gasteiger partial charge in [0.1, 0.15) is 6.42 Å². The molecule has 2 amide bonds. The van der Waals surface area contributed by atoms with Crippen molar-refractivity contribution >= 4 is 23.5 Å². The minimum atomic E-state index is -0.671. The molecule has 2 aromatic rings. The van der Waals surface area contributed by atoms with Crippen LogP contribution in [0.2, 0.25) is 0 Å². The SMILES string of the molecule is C[C@@H](NC(=O)COC(=O)c1ccc(NC(=O)CC#N)cc1)c1ccc2c(c1)OCO2. The van der Waals surface area contributed by atoms with E-state index >= 15 is 0 Å². The van der Waals surface area contributed by atoms with Crippen LogP contribution in [0.15, 0.2) is 42.5 Å². The zero-order chi connectivity index (χ0) is 21.5. The van der Waals surface area contributed by atoms with Gasteiger partial charge >= 0.3 is 5.97 Å². The van der Waals surface area contributed by atoms with Crippen LogP contribution in [0.1, 0.15) is 35.3 Å².